The van der Waals surface area contributed by atoms with Gasteiger partial charge in [0.1, 0.15) is 0 Å². The highest BCUT2D eigenvalue weighted by Gasteiger charge is 2.43. The topological polar surface area (TPSA) is 35.2 Å². The smallest absolute Gasteiger partial charge is 0.0586 e. The summed E-state index contributed by atoms with van der Waals surface area (Å²) >= 11 is 0. The lowest BCUT2D eigenvalue weighted by molar-refractivity contribution is -0.0718. The number of nitrogens with two attached hydrogens (primary N) is 1. The fourth-order valence-corrected chi connectivity index (χ4v) is 2.38. The minimum Gasteiger partial charge on any atom is -0.379 e. The van der Waals surface area contributed by atoms with E-state index in [0.717, 1.165) is 19.6 Å². The van der Waals surface area contributed by atoms with Gasteiger partial charge < -0.3 is 10.5 Å². The van der Waals surface area contributed by atoms with Crippen LogP contribution < -0.4 is 5.73 Å². The highest BCUT2D eigenvalue weighted by atomic mass is 16.5. The van der Waals surface area contributed by atoms with Crippen molar-refractivity contribution in [2.24, 2.45) is 5.73 Å². The Balaban J connectivity index is 2.23. The second-order valence-corrected chi connectivity index (χ2v) is 5.30. The van der Waals surface area contributed by atoms with Gasteiger partial charge in [0.25, 0.3) is 0 Å². The predicted octanol–water partition coefficient (Wildman–Crippen LogP) is 2.08. The van der Waals surface area contributed by atoms with E-state index in [1.807, 2.05) is 6.07 Å². The van der Waals surface area contributed by atoms with Crippen LogP contribution in [-0.2, 0) is 10.2 Å². The molecule has 0 aliphatic carbocycles. The maximum atomic E-state index is 6.11. The third kappa shape index (κ3) is 2.21. The van der Waals surface area contributed by atoms with E-state index in [2.05, 4.69) is 38.1 Å². The molecule has 15 heavy (non-hydrogen) atoms. The van der Waals surface area contributed by atoms with Crippen molar-refractivity contribution in [3.63, 3.8) is 0 Å². The van der Waals surface area contributed by atoms with Gasteiger partial charge in [0.15, 0.2) is 0 Å². The highest BCUT2D eigenvalue weighted by Crippen LogP contribution is 2.38. The molecule has 0 saturated carbocycles. The van der Waals surface area contributed by atoms with Crippen LogP contribution in [0, 0.1) is 0 Å². The van der Waals surface area contributed by atoms with Gasteiger partial charge in [-0.1, -0.05) is 30.3 Å². The molecule has 2 nitrogen and oxygen atoms in total. The average Bonchev–Trinajstić information content (AvgIpc) is 2.11. The average molecular weight is 205 g/mol. The van der Waals surface area contributed by atoms with Crippen LogP contribution in [0.1, 0.15) is 25.8 Å². The Morgan fingerprint density at radius 2 is 1.87 bits per heavy atom. The Labute approximate surface area is 91.4 Å². The first-order valence-electron chi connectivity index (χ1n) is 5.44. The Morgan fingerprint density at radius 1 is 1.27 bits per heavy atom. The molecular formula is C13H19NO. The number of hydrogen-bond donors (Lipinski definition) is 1. The van der Waals surface area contributed by atoms with Crippen molar-refractivity contribution in [1.82, 2.24) is 0 Å². The zero-order valence-electron chi connectivity index (χ0n) is 9.49. The second kappa shape index (κ2) is 3.62. The third-order valence-corrected chi connectivity index (χ3v) is 2.94. The molecule has 0 unspecified atom stereocenters. The minimum atomic E-state index is -0.139. The van der Waals surface area contributed by atoms with Gasteiger partial charge in [0, 0.05) is 11.0 Å². The van der Waals surface area contributed by atoms with Crippen molar-refractivity contribution in [3.05, 3.63) is 35.9 Å². The normalized spacial score (nSPS) is 19.7. The van der Waals surface area contributed by atoms with Crippen LogP contribution in [0.4, 0.5) is 0 Å². The fourth-order valence-electron chi connectivity index (χ4n) is 2.38. The fraction of sp³-hybridized carbons (Fsp3) is 0.538. The second-order valence-electron chi connectivity index (χ2n) is 5.30. The number of rotatable bonds is 3. The molecule has 0 atom stereocenters. The summed E-state index contributed by atoms with van der Waals surface area (Å²) in [5.41, 5.74) is 7.48. The summed E-state index contributed by atoms with van der Waals surface area (Å²) < 4.78 is 5.38. The molecule has 1 aromatic rings. The van der Waals surface area contributed by atoms with Gasteiger partial charge in [-0.25, -0.2) is 0 Å². The van der Waals surface area contributed by atoms with Crippen molar-refractivity contribution in [2.45, 2.75) is 31.2 Å². The maximum absolute atomic E-state index is 6.11. The first-order valence-corrected chi connectivity index (χ1v) is 5.44. The van der Waals surface area contributed by atoms with E-state index in [9.17, 15) is 0 Å². The van der Waals surface area contributed by atoms with Crippen LogP contribution >= 0.6 is 0 Å². The molecule has 1 aliphatic heterocycles. The van der Waals surface area contributed by atoms with Gasteiger partial charge in [0.05, 0.1) is 13.2 Å². The lowest BCUT2D eigenvalue weighted by atomic mass is 9.71. The van der Waals surface area contributed by atoms with Crippen molar-refractivity contribution >= 4 is 0 Å². The van der Waals surface area contributed by atoms with E-state index in [1.54, 1.807) is 0 Å². The molecule has 1 fully saturated rings. The van der Waals surface area contributed by atoms with Gasteiger partial charge in [-0.3, -0.25) is 0 Å². The monoisotopic (exact) mass is 205 g/mol. The zero-order chi connectivity index (χ0) is 10.9. The molecule has 2 rings (SSSR count). The molecule has 0 spiro atoms. The molecule has 1 saturated heterocycles. The Bertz CT molecular complexity index is 322. The Morgan fingerprint density at radius 3 is 2.27 bits per heavy atom. The van der Waals surface area contributed by atoms with Crippen molar-refractivity contribution in [3.8, 4) is 0 Å². The molecule has 1 aliphatic rings. The molecule has 0 bridgehead atoms. The van der Waals surface area contributed by atoms with Gasteiger partial charge in [-0.15, -0.1) is 0 Å². The minimum absolute atomic E-state index is 0.139. The molecule has 0 aromatic heterocycles. The van der Waals surface area contributed by atoms with Crippen LogP contribution in [-0.4, -0.2) is 18.8 Å². The summed E-state index contributed by atoms with van der Waals surface area (Å²) in [6.45, 7) is 5.77. The molecule has 2 N–H and O–H groups in total. The van der Waals surface area contributed by atoms with Gasteiger partial charge in [0.2, 0.25) is 0 Å². The molecular weight excluding hydrogens is 186 g/mol. The van der Waals surface area contributed by atoms with Gasteiger partial charge in [-0.05, 0) is 25.8 Å². The quantitative estimate of drug-likeness (QED) is 0.820. The van der Waals surface area contributed by atoms with E-state index in [-0.39, 0.29) is 11.0 Å². The lowest BCUT2D eigenvalue weighted by Crippen LogP contribution is -2.53. The van der Waals surface area contributed by atoms with E-state index in [0.29, 0.717) is 0 Å². The summed E-state index contributed by atoms with van der Waals surface area (Å²) in [4.78, 5) is 0. The van der Waals surface area contributed by atoms with Crippen LogP contribution in [0.25, 0.3) is 0 Å². The van der Waals surface area contributed by atoms with Crippen molar-refractivity contribution in [2.75, 3.05) is 13.2 Å². The lowest BCUT2D eigenvalue weighted by Gasteiger charge is -2.45. The first kappa shape index (κ1) is 10.7. The number of hydrogen-bond acceptors (Lipinski definition) is 2. The highest BCUT2D eigenvalue weighted by molar-refractivity contribution is 5.28. The summed E-state index contributed by atoms with van der Waals surface area (Å²) in [5.74, 6) is 0. The standard InChI is InChI=1S/C13H19NO/c1-12(2,14)8-13(9-15-10-13)11-6-4-3-5-7-11/h3-7H,8-10,14H2,1-2H3. The number of benzene rings is 1. The molecule has 2 heteroatoms. The van der Waals surface area contributed by atoms with Gasteiger partial charge in [-0.2, -0.15) is 0 Å². The van der Waals surface area contributed by atoms with Crippen molar-refractivity contribution < 1.29 is 4.74 Å². The number of ether oxygens (including phenoxy) is 1. The maximum Gasteiger partial charge on any atom is 0.0586 e. The summed E-state index contributed by atoms with van der Waals surface area (Å²) in [5, 5.41) is 0. The molecule has 0 radical (unpaired) electrons. The van der Waals surface area contributed by atoms with Crippen LogP contribution in [0.5, 0.6) is 0 Å². The summed E-state index contributed by atoms with van der Waals surface area (Å²) in [6, 6.07) is 10.6. The summed E-state index contributed by atoms with van der Waals surface area (Å²) in [6.07, 6.45) is 0.976. The first-order chi connectivity index (χ1) is 7.02. The van der Waals surface area contributed by atoms with E-state index < -0.39 is 0 Å². The molecule has 82 valence electrons. The zero-order valence-corrected chi connectivity index (χ0v) is 9.49. The Kier molecular flexibility index (Phi) is 2.57. The predicted molar refractivity (Wildman–Crippen MR) is 61.8 cm³/mol. The van der Waals surface area contributed by atoms with Crippen molar-refractivity contribution in [1.29, 1.82) is 0 Å². The largest absolute Gasteiger partial charge is 0.379 e. The van der Waals surface area contributed by atoms with Gasteiger partial charge >= 0.3 is 0 Å². The third-order valence-electron chi connectivity index (χ3n) is 2.94. The van der Waals surface area contributed by atoms with Crippen LogP contribution in [0.15, 0.2) is 30.3 Å². The summed E-state index contributed by atoms with van der Waals surface area (Å²) in [7, 11) is 0. The van der Waals surface area contributed by atoms with E-state index in [4.69, 9.17) is 10.5 Å². The molecule has 1 aromatic carbocycles. The van der Waals surface area contributed by atoms with E-state index in [1.165, 1.54) is 5.56 Å². The van der Waals surface area contributed by atoms with E-state index >= 15 is 0 Å². The molecule has 0 amide bonds. The van der Waals surface area contributed by atoms with Crippen LogP contribution in [0.3, 0.4) is 0 Å². The Hall–Kier alpha value is -0.860. The van der Waals surface area contributed by atoms with Crippen LogP contribution in [0.2, 0.25) is 0 Å². The SMILES string of the molecule is CC(C)(N)CC1(c2ccccc2)COC1. The molecule has 1 heterocycles.